The first-order chi connectivity index (χ1) is 9.06. The topological polar surface area (TPSA) is 32.8 Å². The van der Waals surface area contributed by atoms with Crippen molar-refractivity contribution >= 4 is 21.8 Å². The fourth-order valence-corrected chi connectivity index (χ4v) is 2.24. The number of likely N-dealkylation sites (N-methyl/N-ethyl adjacent to an activating group) is 1. The van der Waals surface area contributed by atoms with Crippen LogP contribution in [0.2, 0.25) is 0 Å². The lowest BCUT2D eigenvalue weighted by atomic mass is 10.3. The zero-order valence-corrected chi connectivity index (χ0v) is 12.3. The minimum Gasteiger partial charge on any atom is -0.482 e. The lowest BCUT2D eigenvalue weighted by molar-refractivity contribution is -0.134. The average molecular weight is 331 g/mol. The Morgan fingerprint density at radius 1 is 1.37 bits per heavy atom. The van der Waals surface area contributed by atoms with Crippen LogP contribution in [0.5, 0.6) is 5.75 Å². The van der Waals surface area contributed by atoms with Crippen molar-refractivity contribution in [2.24, 2.45) is 0 Å². The first-order valence-electron chi connectivity index (χ1n) is 6.10. The quantitative estimate of drug-likeness (QED) is 0.846. The Morgan fingerprint density at radius 3 is 2.74 bits per heavy atom. The zero-order valence-electron chi connectivity index (χ0n) is 10.7. The predicted molar refractivity (Wildman–Crippen MR) is 73.7 cm³/mol. The maximum Gasteiger partial charge on any atom is 0.260 e. The highest BCUT2D eigenvalue weighted by molar-refractivity contribution is 9.10. The van der Waals surface area contributed by atoms with Gasteiger partial charge in [0.05, 0.1) is 4.47 Å². The molecule has 1 fully saturated rings. The molecule has 0 radical (unpaired) electrons. The molecule has 1 aromatic carbocycles. The predicted octanol–water partition coefficient (Wildman–Crippen LogP) is 1.74. The van der Waals surface area contributed by atoms with Gasteiger partial charge in [-0.2, -0.15) is 0 Å². The number of benzene rings is 1. The summed E-state index contributed by atoms with van der Waals surface area (Å²) in [5.74, 6) is -0.100. The molecule has 104 valence electrons. The maximum absolute atomic E-state index is 13.1. The molecule has 6 heteroatoms. The van der Waals surface area contributed by atoms with E-state index >= 15 is 0 Å². The summed E-state index contributed by atoms with van der Waals surface area (Å²) in [6, 6.07) is 4.16. The molecule has 4 nitrogen and oxygen atoms in total. The monoisotopic (exact) mass is 330 g/mol. The second-order valence-corrected chi connectivity index (χ2v) is 5.40. The molecule has 1 aromatic rings. The molecule has 0 aliphatic carbocycles. The Hall–Kier alpha value is -1.14. The van der Waals surface area contributed by atoms with Gasteiger partial charge in [-0.3, -0.25) is 4.79 Å². The number of piperazine rings is 1. The number of nitrogens with zero attached hydrogens (tertiary/aromatic N) is 2. The third-order valence-corrected chi connectivity index (χ3v) is 3.76. The highest BCUT2D eigenvalue weighted by atomic mass is 79.9. The second-order valence-electron chi connectivity index (χ2n) is 4.55. The first-order valence-corrected chi connectivity index (χ1v) is 6.90. The normalized spacial score (nSPS) is 16.5. The van der Waals surface area contributed by atoms with Crippen LogP contribution in [0.4, 0.5) is 4.39 Å². The highest BCUT2D eigenvalue weighted by Crippen LogP contribution is 2.25. The van der Waals surface area contributed by atoms with Crippen LogP contribution in [0, 0.1) is 5.82 Å². The summed E-state index contributed by atoms with van der Waals surface area (Å²) >= 11 is 3.26. The highest BCUT2D eigenvalue weighted by Gasteiger charge is 2.19. The van der Waals surface area contributed by atoms with Crippen molar-refractivity contribution < 1.29 is 13.9 Å². The average Bonchev–Trinajstić information content (AvgIpc) is 2.40. The van der Waals surface area contributed by atoms with Crippen LogP contribution in [0.15, 0.2) is 22.7 Å². The van der Waals surface area contributed by atoms with E-state index in [9.17, 15) is 9.18 Å². The molecule has 0 aromatic heterocycles. The van der Waals surface area contributed by atoms with Crippen LogP contribution in [0.1, 0.15) is 0 Å². The number of amides is 1. The van der Waals surface area contributed by atoms with Crippen LogP contribution in [-0.2, 0) is 4.79 Å². The van der Waals surface area contributed by atoms with Gasteiger partial charge in [0.1, 0.15) is 11.6 Å². The minimum atomic E-state index is -0.384. The largest absolute Gasteiger partial charge is 0.482 e. The number of ether oxygens (including phenoxy) is 1. The van der Waals surface area contributed by atoms with Gasteiger partial charge in [-0.1, -0.05) is 0 Å². The van der Waals surface area contributed by atoms with Crippen molar-refractivity contribution in [3.63, 3.8) is 0 Å². The van der Waals surface area contributed by atoms with E-state index in [1.54, 1.807) is 11.0 Å². The van der Waals surface area contributed by atoms with Gasteiger partial charge in [-0.25, -0.2) is 4.39 Å². The second kappa shape index (κ2) is 6.34. The minimum absolute atomic E-state index is 0.0637. The standard InChI is InChI=1S/C13H16BrFN2O2/c1-16-4-6-17(7-5-16)13(18)9-19-12-8-10(15)2-3-11(12)14/h2-3,8H,4-7,9H2,1H3. The fourth-order valence-electron chi connectivity index (χ4n) is 1.87. The van der Waals surface area contributed by atoms with Crippen molar-refractivity contribution in [1.29, 1.82) is 0 Å². The Labute approximate surface area is 120 Å². The molecule has 0 atom stereocenters. The van der Waals surface area contributed by atoms with Gasteiger partial charge >= 0.3 is 0 Å². The molecule has 0 saturated carbocycles. The number of carbonyl (C=O) groups excluding carboxylic acids is 1. The Morgan fingerprint density at radius 2 is 2.05 bits per heavy atom. The molecule has 0 unspecified atom stereocenters. The van der Waals surface area contributed by atoms with Crippen LogP contribution in [0.25, 0.3) is 0 Å². The van der Waals surface area contributed by atoms with Gasteiger partial charge in [-0.15, -0.1) is 0 Å². The molecule has 19 heavy (non-hydrogen) atoms. The van der Waals surface area contributed by atoms with Gasteiger partial charge in [0.15, 0.2) is 6.61 Å². The van der Waals surface area contributed by atoms with E-state index in [2.05, 4.69) is 20.8 Å². The molecule has 1 heterocycles. The van der Waals surface area contributed by atoms with Crippen LogP contribution >= 0.6 is 15.9 Å². The van der Waals surface area contributed by atoms with Crippen molar-refractivity contribution in [3.8, 4) is 5.75 Å². The summed E-state index contributed by atoms with van der Waals surface area (Å²) in [5.41, 5.74) is 0. The maximum atomic E-state index is 13.1. The number of halogens is 2. The van der Waals surface area contributed by atoms with Crippen LogP contribution in [0.3, 0.4) is 0 Å². The van der Waals surface area contributed by atoms with E-state index in [4.69, 9.17) is 4.74 Å². The number of carbonyl (C=O) groups is 1. The molecular formula is C13H16BrFN2O2. The number of hydrogen-bond donors (Lipinski definition) is 0. The Balaban J connectivity index is 1.88. The van der Waals surface area contributed by atoms with Crippen LogP contribution in [-0.4, -0.2) is 55.5 Å². The smallest absolute Gasteiger partial charge is 0.260 e. The molecule has 1 amide bonds. The summed E-state index contributed by atoms with van der Waals surface area (Å²) in [5, 5.41) is 0. The van der Waals surface area contributed by atoms with Gasteiger partial charge < -0.3 is 14.5 Å². The SMILES string of the molecule is CN1CCN(C(=O)COc2cc(F)ccc2Br)CC1. The van der Waals surface area contributed by atoms with Crippen molar-refractivity contribution in [2.45, 2.75) is 0 Å². The van der Waals surface area contributed by atoms with Gasteiger partial charge in [0.25, 0.3) is 5.91 Å². The fraction of sp³-hybridized carbons (Fsp3) is 0.462. The number of rotatable bonds is 3. The number of hydrogen-bond acceptors (Lipinski definition) is 3. The lowest BCUT2D eigenvalue weighted by Gasteiger charge is -2.32. The molecule has 0 bridgehead atoms. The molecule has 0 spiro atoms. The third-order valence-electron chi connectivity index (χ3n) is 3.10. The summed E-state index contributed by atoms with van der Waals surface area (Å²) in [7, 11) is 2.03. The van der Waals surface area contributed by atoms with Crippen LogP contribution < -0.4 is 4.74 Å². The zero-order chi connectivity index (χ0) is 13.8. The Bertz CT molecular complexity index is 462. The molecule has 0 N–H and O–H groups in total. The molecular weight excluding hydrogens is 315 g/mol. The van der Waals surface area contributed by atoms with Gasteiger partial charge in [0.2, 0.25) is 0 Å². The van der Waals surface area contributed by atoms with Crippen molar-refractivity contribution in [3.05, 3.63) is 28.5 Å². The van der Waals surface area contributed by atoms with E-state index in [0.29, 0.717) is 23.3 Å². The first kappa shape index (κ1) is 14.3. The molecule has 2 rings (SSSR count). The van der Waals surface area contributed by atoms with E-state index in [1.807, 2.05) is 7.05 Å². The summed E-state index contributed by atoms with van der Waals surface area (Å²) < 4.78 is 19.1. The van der Waals surface area contributed by atoms with E-state index < -0.39 is 0 Å². The summed E-state index contributed by atoms with van der Waals surface area (Å²) in [6.07, 6.45) is 0. The summed E-state index contributed by atoms with van der Waals surface area (Å²) in [4.78, 5) is 15.9. The van der Waals surface area contributed by atoms with Crippen molar-refractivity contribution in [2.75, 3.05) is 39.8 Å². The Kier molecular flexibility index (Phi) is 4.76. The van der Waals surface area contributed by atoms with E-state index in [1.165, 1.54) is 12.1 Å². The molecule has 1 aliphatic heterocycles. The third kappa shape index (κ3) is 3.91. The van der Waals surface area contributed by atoms with Gasteiger partial charge in [0, 0.05) is 32.2 Å². The summed E-state index contributed by atoms with van der Waals surface area (Å²) in [6.45, 7) is 3.10. The van der Waals surface area contributed by atoms with E-state index in [0.717, 1.165) is 13.1 Å². The molecule has 1 aliphatic rings. The lowest BCUT2D eigenvalue weighted by Crippen LogP contribution is -2.48. The van der Waals surface area contributed by atoms with Crippen molar-refractivity contribution in [1.82, 2.24) is 9.80 Å². The molecule has 1 saturated heterocycles. The van der Waals surface area contributed by atoms with E-state index in [-0.39, 0.29) is 18.3 Å². The van der Waals surface area contributed by atoms with Gasteiger partial charge in [-0.05, 0) is 35.1 Å².